The second-order valence-corrected chi connectivity index (χ2v) is 4.90. The Morgan fingerprint density at radius 1 is 1.24 bits per heavy atom. The molecule has 4 nitrogen and oxygen atoms in total. The van der Waals surface area contributed by atoms with Gasteiger partial charge in [-0.2, -0.15) is 0 Å². The molecule has 0 aromatic rings. The molecule has 0 bridgehead atoms. The number of rotatable bonds is 8. The monoisotopic (exact) mass is 244 g/mol. The minimum absolute atomic E-state index is 0.269. The molecule has 1 N–H and O–H groups in total. The molecule has 0 radical (unpaired) electrons. The van der Waals surface area contributed by atoms with Crippen molar-refractivity contribution in [1.29, 1.82) is 0 Å². The summed E-state index contributed by atoms with van der Waals surface area (Å²) in [5, 5.41) is 9.09. The lowest BCUT2D eigenvalue weighted by atomic mass is 9.89. The van der Waals surface area contributed by atoms with Gasteiger partial charge in [-0.3, -0.25) is 9.59 Å². The smallest absolute Gasteiger partial charge is 0.309 e. The van der Waals surface area contributed by atoms with Crippen molar-refractivity contribution in [2.45, 2.75) is 47.0 Å². The maximum atomic E-state index is 11.7. The van der Waals surface area contributed by atoms with E-state index < -0.39 is 23.8 Å². The van der Waals surface area contributed by atoms with E-state index in [2.05, 4.69) is 0 Å². The number of unbranched alkanes of at least 4 members (excludes halogenated alkanes) is 1. The first-order chi connectivity index (χ1) is 7.90. The van der Waals surface area contributed by atoms with Gasteiger partial charge in [-0.15, -0.1) is 0 Å². The van der Waals surface area contributed by atoms with Crippen LogP contribution >= 0.6 is 0 Å². The van der Waals surface area contributed by atoms with Crippen molar-refractivity contribution in [3.8, 4) is 0 Å². The van der Waals surface area contributed by atoms with Crippen molar-refractivity contribution in [1.82, 2.24) is 0 Å². The van der Waals surface area contributed by atoms with Crippen LogP contribution in [-0.4, -0.2) is 23.7 Å². The zero-order valence-corrected chi connectivity index (χ0v) is 11.2. The van der Waals surface area contributed by atoms with Gasteiger partial charge in [0.05, 0.1) is 18.4 Å². The van der Waals surface area contributed by atoms with E-state index in [0.29, 0.717) is 13.0 Å². The van der Waals surface area contributed by atoms with Gasteiger partial charge in [0.25, 0.3) is 0 Å². The van der Waals surface area contributed by atoms with E-state index in [1.54, 1.807) is 6.92 Å². The molecular weight excluding hydrogens is 220 g/mol. The highest BCUT2D eigenvalue weighted by Gasteiger charge is 2.30. The maximum absolute atomic E-state index is 11.7. The molecular formula is C13H24O4. The molecule has 2 atom stereocenters. The lowest BCUT2D eigenvalue weighted by Crippen LogP contribution is -2.30. The normalized spacial score (nSPS) is 14.4. The first kappa shape index (κ1) is 15.9. The third kappa shape index (κ3) is 6.29. The van der Waals surface area contributed by atoms with Gasteiger partial charge in [0.2, 0.25) is 0 Å². The Morgan fingerprint density at radius 3 is 2.24 bits per heavy atom. The standard InChI is InChI=1S/C13H24O4/c1-5-6-7-11(12(14)15)10(4)13(16)17-8-9(2)3/h9-11H,5-8H2,1-4H3,(H,14,15). The fraction of sp³-hybridized carbons (Fsp3) is 0.846. The van der Waals surface area contributed by atoms with Crippen LogP contribution in [0.4, 0.5) is 0 Å². The SMILES string of the molecule is CCCCC(C(=O)O)C(C)C(=O)OCC(C)C. The van der Waals surface area contributed by atoms with Gasteiger partial charge in [0, 0.05) is 0 Å². The van der Waals surface area contributed by atoms with Gasteiger partial charge in [-0.25, -0.2) is 0 Å². The first-order valence-corrected chi connectivity index (χ1v) is 6.29. The molecule has 4 heteroatoms. The largest absolute Gasteiger partial charge is 0.481 e. The second-order valence-electron chi connectivity index (χ2n) is 4.90. The molecule has 0 fully saturated rings. The summed E-state index contributed by atoms with van der Waals surface area (Å²) in [5.74, 6) is -2.24. The number of ether oxygens (including phenoxy) is 1. The molecule has 0 aliphatic carbocycles. The Morgan fingerprint density at radius 2 is 1.82 bits per heavy atom. The summed E-state index contributed by atoms with van der Waals surface area (Å²) in [5.41, 5.74) is 0. The van der Waals surface area contributed by atoms with Crippen molar-refractivity contribution in [3.63, 3.8) is 0 Å². The van der Waals surface area contributed by atoms with E-state index >= 15 is 0 Å². The number of carbonyl (C=O) groups excluding carboxylic acids is 1. The maximum Gasteiger partial charge on any atom is 0.309 e. The highest BCUT2D eigenvalue weighted by atomic mass is 16.5. The topological polar surface area (TPSA) is 63.6 Å². The van der Waals surface area contributed by atoms with Crippen molar-refractivity contribution < 1.29 is 19.4 Å². The summed E-state index contributed by atoms with van der Waals surface area (Å²) in [4.78, 5) is 22.8. The Kier molecular flexibility index (Phi) is 7.59. The van der Waals surface area contributed by atoms with Crippen molar-refractivity contribution in [3.05, 3.63) is 0 Å². The zero-order valence-electron chi connectivity index (χ0n) is 11.2. The Labute approximate surface area is 103 Å². The van der Waals surface area contributed by atoms with E-state index in [-0.39, 0.29) is 5.92 Å². The Balaban J connectivity index is 4.33. The molecule has 0 aromatic heterocycles. The number of hydrogen-bond donors (Lipinski definition) is 1. The van der Waals surface area contributed by atoms with Crippen LogP contribution in [0.15, 0.2) is 0 Å². The highest BCUT2D eigenvalue weighted by Crippen LogP contribution is 2.20. The van der Waals surface area contributed by atoms with E-state index in [9.17, 15) is 9.59 Å². The lowest BCUT2D eigenvalue weighted by molar-refractivity contribution is -0.158. The van der Waals surface area contributed by atoms with E-state index in [4.69, 9.17) is 9.84 Å². The predicted molar refractivity (Wildman–Crippen MR) is 65.6 cm³/mol. The van der Waals surface area contributed by atoms with E-state index in [1.807, 2.05) is 20.8 Å². The van der Waals surface area contributed by atoms with Crippen LogP contribution in [0.3, 0.4) is 0 Å². The van der Waals surface area contributed by atoms with E-state index in [0.717, 1.165) is 12.8 Å². The number of hydrogen-bond acceptors (Lipinski definition) is 3. The van der Waals surface area contributed by atoms with Gasteiger partial charge in [-0.1, -0.05) is 40.5 Å². The summed E-state index contributed by atoms with van der Waals surface area (Å²) in [7, 11) is 0. The number of esters is 1. The van der Waals surface area contributed by atoms with Crippen LogP contribution in [0.1, 0.15) is 47.0 Å². The fourth-order valence-electron chi connectivity index (χ4n) is 1.56. The molecule has 0 aliphatic rings. The van der Waals surface area contributed by atoms with Gasteiger partial charge >= 0.3 is 11.9 Å². The average Bonchev–Trinajstić information content (AvgIpc) is 2.25. The molecule has 0 rings (SSSR count). The minimum Gasteiger partial charge on any atom is -0.481 e. The van der Waals surface area contributed by atoms with Crippen LogP contribution in [0, 0.1) is 17.8 Å². The van der Waals surface area contributed by atoms with E-state index in [1.165, 1.54) is 0 Å². The van der Waals surface area contributed by atoms with Crippen LogP contribution in [-0.2, 0) is 14.3 Å². The minimum atomic E-state index is -0.910. The Hall–Kier alpha value is -1.06. The van der Waals surface area contributed by atoms with Gasteiger partial charge < -0.3 is 9.84 Å². The quantitative estimate of drug-likeness (QED) is 0.667. The molecule has 17 heavy (non-hydrogen) atoms. The van der Waals surface area contributed by atoms with Gasteiger partial charge in [0.1, 0.15) is 0 Å². The molecule has 100 valence electrons. The molecule has 0 aromatic carbocycles. The molecule has 0 saturated carbocycles. The van der Waals surface area contributed by atoms with Crippen molar-refractivity contribution in [2.75, 3.05) is 6.61 Å². The summed E-state index contributed by atoms with van der Waals surface area (Å²) in [6.45, 7) is 7.88. The Bertz CT molecular complexity index is 248. The number of carbonyl (C=O) groups is 2. The van der Waals surface area contributed by atoms with Crippen LogP contribution < -0.4 is 0 Å². The molecule has 0 heterocycles. The van der Waals surface area contributed by atoms with Crippen LogP contribution in [0.5, 0.6) is 0 Å². The number of aliphatic carboxylic acids is 1. The molecule has 0 aliphatic heterocycles. The van der Waals surface area contributed by atoms with Crippen molar-refractivity contribution in [2.24, 2.45) is 17.8 Å². The highest BCUT2D eigenvalue weighted by molar-refractivity contribution is 5.80. The number of carboxylic acids is 1. The number of carboxylic acid groups (broad SMARTS) is 1. The zero-order chi connectivity index (χ0) is 13.4. The lowest BCUT2D eigenvalue weighted by Gasteiger charge is -2.19. The molecule has 0 saturated heterocycles. The molecule has 2 unspecified atom stereocenters. The third-order valence-corrected chi connectivity index (χ3v) is 2.72. The van der Waals surface area contributed by atoms with Gasteiger partial charge in [-0.05, 0) is 12.3 Å². The molecule has 0 amide bonds. The average molecular weight is 244 g/mol. The van der Waals surface area contributed by atoms with Crippen LogP contribution in [0.25, 0.3) is 0 Å². The van der Waals surface area contributed by atoms with Gasteiger partial charge in [0.15, 0.2) is 0 Å². The van der Waals surface area contributed by atoms with Crippen molar-refractivity contribution >= 4 is 11.9 Å². The summed E-state index contributed by atoms with van der Waals surface area (Å²) >= 11 is 0. The fourth-order valence-corrected chi connectivity index (χ4v) is 1.56. The summed E-state index contributed by atoms with van der Waals surface area (Å²) in [6.07, 6.45) is 2.28. The predicted octanol–water partition coefficient (Wildman–Crippen LogP) is 2.71. The molecule has 0 spiro atoms. The van der Waals surface area contributed by atoms with Crippen LogP contribution in [0.2, 0.25) is 0 Å². The first-order valence-electron chi connectivity index (χ1n) is 6.29. The third-order valence-electron chi connectivity index (χ3n) is 2.72. The summed E-state index contributed by atoms with van der Waals surface area (Å²) in [6, 6.07) is 0. The summed E-state index contributed by atoms with van der Waals surface area (Å²) < 4.78 is 5.07. The second kappa shape index (κ2) is 8.09.